The van der Waals surface area contributed by atoms with Gasteiger partial charge in [-0.05, 0) is 37.3 Å². The summed E-state index contributed by atoms with van der Waals surface area (Å²) in [6, 6.07) is 9.98. The highest BCUT2D eigenvalue weighted by molar-refractivity contribution is 7.89. The number of hydrogen-bond donors (Lipinski definition) is 1. The fraction of sp³-hybridized carbons (Fsp3) is 0.462. The van der Waals surface area contributed by atoms with Gasteiger partial charge >= 0.3 is 0 Å². The van der Waals surface area contributed by atoms with Gasteiger partial charge in [-0.25, -0.2) is 16.8 Å². The van der Waals surface area contributed by atoms with Gasteiger partial charge in [0, 0.05) is 44.3 Å². The Kier molecular flexibility index (Phi) is 9.80. The van der Waals surface area contributed by atoms with Crippen molar-refractivity contribution in [2.24, 2.45) is 5.92 Å². The number of aliphatic hydroxyl groups excluding tert-OH is 1. The summed E-state index contributed by atoms with van der Waals surface area (Å²) in [5.74, 6) is 5.77. The van der Waals surface area contributed by atoms with Gasteiger partial charge in [-0.2, -0.15) is 8.61 Å². The van der Waals surface area contributed by atoms with E-state index >= 15 is 0 Å². The number of benzene rings is 2. The number of methoxy groups -OCH3 is 2. The predicted octanol–water partition coefficient (Wildman–Crippen LogP) is 1.78. The van der Waals surface area contributed by atoms with Crippen LogP contribution in [0.25, 0.3) is 0 Å². The number of sulfonamides is 2. The van der Waals surface area contributed by atoms with Crippen LogP contribution in [0.15, 0.2) is 52.3 Å². The van der Waals surface area contributed by atoms with E-state index < -0.39 is 38.1 Å². The van der Waals surface area contributed by atoms with Gasteiger partial charge in [0.05, 0.1) is 25.2 Å². The van der Waals surface area contributed by atoms with Gasteiger partial charge in [-0.3, -0.25) is 0 Å². The van der Waals surface area contributed by atoms with Crippen LogP contribution in [-0.2, 0) is 24.8 Å². The van der Waals surface area contributed by atoms with E-state index in [2.05, 4.69) is 11.8 Å². The lowest BCUT2D eigenvalue weighted by atomic mass is 10.0. The summed E-state index contributed by atoms with van der Waals surface area (Å²) >= 11 is 0. The van der Waals surface area contributed by atoms with E-state index in [1.807, 2.05) is 0 Å². The smallest absolute Gasteiger partial charge is 0.247 e. The minimum atomic E-state index is -4.03. The zero-order valence-electron chi connectivity index (χ0n) is 22.1. The van der Waals surface area contributed by atoms with Crippen molar-refractivity contribution >= 4 is 20.0 Å². The number of rotatable bonds is 8. The van der Waals surface area contributed by atoms with Gasteiger partial charge in [0.2, 0.25) is 20.0 Å². The Morgan fingerprint density at radius 2 is 1.97 bits per heavy atom. The van der Waals surface area contributed by atoms with Crippen LogP contribution in [0.5, 0.6) is 11.5 Å². The lowest BCUT2D eigenvalue weighted by molar-refractivity contribution is 0.0904. The quantitative estimate of drug-likeness (QED) is 0.480. The molecule has 0 saturated heterocycles. The van der Waals surface area contributed by atoms with Gasteiger partial charge in [0.1, 0.15) is 29.1 Å². The van der Waals surface area contributed by atoms with E-state index in [4.69, 9.17) is 14.2 Å². The summed E-state index contributed by atoms with van der Waals surface area (Å²) in [7, 11) is -3.52. The molecule has 0 radical (unpaired) electrons. The standard InChI is InChI=1S/C26H34N2O8S2/c1-19-16-28(20(2)18-29)38(32,33)26-12-11-21(8-7-13-34-4)14-24(26)36-25(19)17-27(3)37(30,31)23-10-6-9-22(15-23)35-5/h6,9-12,14-15,19-20,25,29H,13,16-18H2,1-5H3/t19-,20-,25-/m1/s1. The largest absolute Gasteiger partial charge is 0.497 e. The predicted molar refractivity (Wildman–Crippen MR) is 142 cm³/mol. The number of nitrogens with zero attached hydrogens (tertiary/aromatic N) is 2. The molecule has 12 heteroatoms. The Balaban J connectivity index is 2.04. The summed E-state index contributed by atoms with van der Waals surface area (Å²) in [5, 5.41) is 9.80. The molecule has 0 aliphatic carbocycles. The Bertz CT molecular complexity index is 1400. The van der Waals surface area contributed by atoms with Gasteiger partial charge in [-0.1, -0.05) is 24.8 Å². The van der Waals surface area contributed by atoms with Crippen LogP contribution in [0.4, 0.5) is 0 Å². The fourth-order valence-corrected chi connectivity index (χ4v) is 7.07. The van der Waals surface area contributed by atoms with Crippen LogP contribution in [0.3, 0.4) is 0 Å². The molecule has 0 saturated carbocycles. The number of ether oxygens (including phenoxy) is 3. The van der Waals surface area contributed by atoms with E-state index in [0.29, 0.717) is 11.3 Å². The van der Waals surface area contributed by atoms with E-state index in [1.54, 1.807) is 32.0 Å². The molecular weight excluding hydrogens is 532 g/mol. The number of fused-ring (bicyclic) bond motifs is 1. The van der Waals surface area contributed by atoms with Crippen molar-refractivity contribution < 1.29 is 36.2 Å². The van der Waals surface area contributed by atoms with E-state index in [1.165, 1.54) is 54.1 Å². The number of hydrogen-bond acceptors (Lipinski definition) is 8. The number of likely N-dealkylation sites (N-methyl/N-ethyl adjacent to an activating group) is 1. The lowest BCUT2D eigenvalue weighted by Crippen LogP contribution is -2.50. The molecule has 10 nitrogen and oxygen atoms in total. The van der Waals surface area contributed by atoms with Crippen LogP contribution in [0.2, 0.25) is 0 Å². The second kappa shape index (κ2) is 12.5. The Labute approximate surface area is 225 Å². The summed E-state index contributed by atoms with van der Waals surface area (Å²) in [6.45, 7) is 3.20. The van der Waals surface area contributed by atoms with Crippen molar-refractivity contribution in [3.05, 3.63) is 48.0 Å². The summed E-state index contributed by atoms with van der Waals surface area (Å²) in [4.78, 5) is -0.0163. The van der Waals surface area contributed by atoms with Crippen LogP contribution < -0.4 is 9.47 Å². The highest BCUT2D eigenvalue weighted by Gasteiger charge is 2.39. The van der Waals surface area contributed by atoms with Gasteiger partial charge in [0.15, 0.2) is 0 Å². The molecule has 0 spiro atoms. The van der Waals surface area contributed by atoms with Crippen LogP contribution in [0, 0.1) is 17.8 Å². The minimum Gasteiger partial charge on any atom is -0.497 e. The van der Waals surface area contributed by atoms with Crippen molar-refractivity contribution in [3.63, 3.8) is 0 Å². The molecule has 3 rings (SSSR count). The highest BCUT2D eigenvalue weighted by atomic mass is 32.2. The summed E-state index contributed by atoms with van der Waals surface area (Å²) < 4.78 is 72.7. The van der Waals surface area contributed by atoms with Crippen molar-refractivity contribution in [3.8, 4) is 23.3 Å². The fourth-order valence-electron chi connectivity index (χ4n) is 4.02. The molecule has 0 amide bonds. The van der Waals surface area contributed by atoms with Crippen molar-refractivity contribution in [1.29, 1.82) is 0 Å². The first-order valence-electron chi connectivity index (χ1n) is 12.0. The molecule has 208 valence electrons. The molecule has 1 heterocycles. The molecule has 1 aliphatic rings. The third-order valence-corrected chi connectivity index (χ3v) is 10.1. The maximum atomic E-state index is 13.6. The molecule has 0 fully saturated rings. The maximum Gasteiger partial charge on any atom is 0.247 e. The molecule has 3 atom stereocenters. The number of aliphatic hydroxyl groups is 1. The first-order valence-corrected chi connectivity index (χ1v) is 14.8. The maximum absolute atomic E-state index is 13.6. The summed E-state index contributed by atoms with van der Waals surface area (Å²) in [6.07, 6.45) is -0.717. The second-order valence-electron chi connectivity index (χ2n) is 9.10. The van der Waals surface area contributed by atoms with E-state index in [0.717, 1.165) is 0 Å². The van der Waals surface area contributed by atoms with Crippen LogP contribution in [-0.4, -0.2) is 90.3 Å². The average molecular weight is 567 g/mol. The topological polar surface area (TPSA) is 123 Å². The average Bonchev–Trinajstić information content (AvgIpc) is 2.90. The first-order chi connectivity index (χ1) is 17.9. The third-order valence-electron chi connectivity index (χ3n) is 6.30. The van der Waals surface area contributed by atoms with E-state index in [9.17, 15) is 21.9 Å². The molecular formula is C26H34N2O8S2. The third kappa shape index (κ3) is 6.48. The zero-order valence-corrected chi connectivity index (χ0v) is 23.8. The molecule has 2 aromatic carbocycles. The minimum absolute atomic E-state index is 0.0244. The SMILES string of the molecule is COCC#Cc1ccc2c(c1)O[C@H](CN(C)S(=O)(=O)c1cccc(OC)c1)[C@H](C)CN([C@H](C)CO)S2(=O)=O. The van der Waals surface area contributed by atoms with E-state index in [-0.39, 0.29) is 41.8 Å². The van der Waals surface area contributed by atoms with Crippen molar-refractivity contribution in [1.82, 2.24) is 8.61 Å². The van der Waals surface area contributed by atoms with Crippen LogP contribution in [0.1, 0.15) is 19.4 Å². The Hall–Kier alpha value is -2.66. The Morgan fingerprint density at radius 1 is 1.24 bits per heavy atom. The molecule has 0 bridgehead atoms. The van der Waals surface area contributed by atoms with Crippen molar-refractivity contribution in [2.45, 2.75) is 35.8 Å². The van der Waals surface area contributed by atoms with Gasteiger partial charge in [-0.15, -0.1) is 0 Å². The van der Waals surface area contributed by atoms with Gasteiger partial charge < -0.3 is 19.3 Å². The lowest BCUT2D eigenvalue weighted by Gasteiger charge is -2.37. The zero-order chi connectivity index (χ0) is 28.1. The van der Waals surface area contributed by atoms with Crippen molar-refractivity contribution in [2.75, 3.05) is 47.6 Å². The molecule has 1 N–H and O–H groups in total. The Morgan fingerprint density at radius 3 is 2.63 bits per heavy atom. The highest BCUT2D eigenvalue weighted by Crippen LogP contribution is 2.34. The molecule has 1 aliphatic heterocycles. The normalized spacial score (nSPS) is 20.3. The molecule has 0 unspecified atom stereocenters. The molecule has 2 aromatic rings. The second-order valence-corrected chi connectivity index (χ2v) is 13.0. The first kappa shape index (κ1) is 29.9. The molecule has 38 heavy (non-hydrogen) atoms. The monoisotopic (exact) mass is 566 g/mol. The molecule has 0 aromatic heterocycles. The van der Waals surface area contributed by atoms with Gasteiger partial charge in [0.25, 0.3) is 0 Å². The van der Waals surface area contributed by atoms with Crippen LogP contribution >= 0.6 is 0 Å². The summed E-state index contributed by atoms with van der Waals surface area (Å²) in [5.41, 5.74) is 0.516.